The largest absolute Gasteiger partial charge is 0.294 e. The van der Waals surface area contributed by atoms with E-state index in [1.165, 1.54) is 12.1 Å². The lowest BCUT2D eigenvalue weighted by molar-refractivity contribution is 0.0988. The van der Waals surface area contributed by atoms with Crippen LogP contribution in [0.15, 0.2) is 29.2 Å². The van der Waals surface area contributed by atoms with Gasteiger partial charge in [0.25, 0.3) is 0 Å². The zero-order valence-electron chi connectivity index (χ0n) is 11.2. The van der Waals surface area contributed by atoms with Gasteiger partial charge in [0, 0.05) is 18.0 Å². The van der Waals surface area contributed by atoms with E-state index in [1.807, 2.05) is 0 Å². The van der Waals surface area contributed by atoms with Crippen LogP contribution in [0.2, 0.25) is 0 Å². The molecular formula is C14H19NO3S. The zero-order chi connectivity index (χ0) is 14.0. The van der Waals surface area contributed by atoms with Crippen LogP contribution in [0, 0.1) is 5.92 Å². The molecule has 1 aliphatic rings. The Morgan fingerprint density at radius 2 is 2.05 bits per heavy atom. The fraction of sp³-hybridized carbons (Fsp3) is 0.500. The fourth-order valence-corrected chi connectivity index (χ4v) is 3.63. The number of hydrogen-bond acceptors (Lipinski definition) is 3. The maximum absolute atomic E-state index is 12.2. The molecule has 1 fully saturated rings. The van der Waals surface area contributed by atoms with Gasteiger partial charge in [-0.2, -0.15) is 0 Å². The maximum atomic E-state index is 12.2. The summed E-state index contributed by atoms with van der Waals surface area (Å²) in [5.41, 5.74) is 0.451. The van der Waals surface area contributed by atoms with E-state index in [2.05, 4.69) is 11.6 Å². The number of benzene rings is 1. The lowest BCUT2D eigenvalue weighted by atomic mass is 9.83. The molecule has 5 heteroatoms. The monoisotopic (exact) mass is 281 g/mol. The van der Waals surface area contributed by atoms with E-state index in [9.17, 15) is 13.2 Å². The third kappa shape index (κ3) is 3.22. The minimum atomic E-state index is -3.51. The summed E-state index contributed by atoms with van der Waals surface area (Å²) in [6, 6.07) is 6.27. The van der Waals surface area contributed by atoms with Crippen LogP contribution in [-0.2, 0) is 10.0 Å². The zero-order valence-corrected chi connectivity index (χ0v) is 12.0. The van der Waals surface area contributed by atoms with Gasteiger partial charge in [0.1, 0.15) is 0 Å². The Morgan fingerprint density at radius 1 is 1.37 bits per heavy atom. The summed E-state index contributed by atoms with van der Waals surface area (Å²) in [7, 11) is -3.51. The van der Waals surface area contributed by atoms with Gasteiger partial charge in [0.05, 0.1) is 4.90 Å². The number of rotatable bonds is 5. The molecule has 0 aliphatic heterocycles. The summed E-state index contributed by atoms with van der Waals surface area (Å²) in [6.07, 6.45) is 2.14. The lowest BCUT2D eigenvalue weighted by Gasteiger charge is -2.32. The van der Waals surface area contributed by atoms with Crippen LogP contribution < -0.4 is 4.72 Å². The standard InChI is InChI=1S/C14H19NO3S/c1-3-14(16)11-5-4-6-13(9-11)19(17,18)15-12-7-10(2)8-12/h4-6,9-10,12,15H,3,7-8H2,1-2H3. The van der Waals surface area contributed by atoms with Crippen molar-refractivity contribution in [1.29, 1.82) is 0 Å². The van der Waals surface area contributed by atoms with Crippen molar-refractivity contribution in [2.75, 3.05) is 0 Å². The van der Waals surface area contributed by atoms with E-state index in [-0.39, 0.29) is 16.7 Å². The van der Waals surface area contributed by atoms with E-state index in [0.29, 0.717) is 17.9 Å². The van der Waals surface area contributed by atoms with Gasteiger partial charge in [-0.1, -0.05) is 26.0 Å². The predicted molar refractivity (Wildman–Crippen MR) is 73.6 cm³/mol. The SMILES string of the molecule is CCC(=O)c1cccc(S(=O)(=O)NC2CC(C)C2)c1. The molecule has 0 aromatic heterocycles. The molecule has 1 N–H and O–H groups in total. The van der Waals surface area contributed by atoms with Crippen LogP contribution in [-0.4, -0.2) is 20.2 Å². The number of Topliss-reactive ketones (excluding diaryl/α,β-unsaturated/α-hetero) is 1. The Morgan fingerprint density at radius 3 is 2.63 bits per heavy atom. The maximum Gasteiger partial charge on any atom is 0.240 e. The first-order chi connectivity index (χ1) is 8.92. The molecule has 0 spiro atoms. The molecule has 1 aromatic rings. The number of carbonyl (C=O) groups is 1. The van der Waals surface area contributed by atoms with Gasteiger partial charge in [-0.05, 0) is 30.9 Å². The van der Waals surface area contributed by atoms with Gasteiger partial charge in [-0.3, -0.25) is 4.79 Å². The van der Waals surface area contributed by atoms with E-state index < -0.39 is 10.0 Å². The second-order valence-corrected chi connectivity index (χ2v) is 6.91. The summed E-state index contributed by atoms with van der Waals surface area (Å²) >= 11 is 0. The number of carbonyl (C=O) groups excluding carboxylic acids is 1. The van der Waals surface area contributed by atoms with Crippen molar-refractivity contribution in [3.8, 4) is 0 Å². The molecule has 1 aliphatic carbocycles. The molecule has 0 heterocycles. The number of hydrogen-bond donors (Lipinski definition) is 1. The van der Waals surface area contributed by atoms with Crippen LogP contribution in [0.1, 0.15) is 43.5 Å². The molecule has 0 radical (unpaired) electrons. The molecule has 0 saturated heterocycles. The Bertz CT molecular complexity index is 574. The third-order valence-corrected chi connectivity index (χ3v) is 5.00. The van der Waals surface area contributed by atoms with Gasteiger partial charge in [0.15, 0.2) is 5.78 Å². The Labute approximate surface area is 114 Å². The topological polar surface area (TPSA) is 63.2 Å². The Hall–Kier alpha value is -1.20. The van der Waals surface area contributed by atoms with Crippen molar-refractivity contribution in [2.24, 2.45) is 5.92 Å². The van der Waals surface area contributed by atoms with Crippen LogP contribution in [0.3, 0.4) is 0 Å². The molecule has 104 valence electrons. The molecule has 2 rings (SSSR count). The fourth-order valence-electron chi connectivity index (χ4n) is 2.33. The number of ketones is 1. The van der Waals surface area contributed by atoms with Crippen molar-refractivity contribution in [3.63, 3.8) is 0 Å². The second kappa shape index (κ2) is 5.43. The average Bonchev–Trinajstić information content (AvgIpc) is 2.36. The quantitative estimate of drug-likeness (QED) is 0.843. The number of nitrogens with one attached hydrogen (secondary N) is 1. The molecule has 4 nitrogen and oxygen atoms in total. The predicted octanol–water partition coefficient (Wildman–Crippen LogP) is 2.36. The van der Waals surface area contributed by atoms with Crippen LogP contribution in [0.5, 0.6) is 0 Å². The Kier molecular flexibility index (Phi) is 4.06. The van der Waals surface area contributed by atoms with Crippen molar-refractivity contribution in [1.82, 2.24) is 4.72 Å². The van der Waals surface area contributed by atoms with Crippen molar-refractivity contribution in [2.45, 2.75) is 44.0 Å². The van der Waals surface area contributed by atoms with Gasteiger partial charge in [0.2, 0.25) is 10.0 Å². The number of sulfonamides is 1. The molecule has 1 aromatic carbocycles. The minimum absolute atomic E-state index is 0.0329. The molecule has 0 unspecified atom stereocenters. The summed E-state index contributed by atoms with van der Waals surface area (Å²) < 4.78 is 27.1. The van der Waals surface area contributed by atoms with Crippen molar-refractivity contribution in [3.05, 3.63) is 29.8 Å². The van der Waals surface area contributed by atoms with Gasteiger partial charge in [-0.15, -0.1) is 0 Å². The second-order valence-electron chi connectivity index (χ2n) is 5.20. The highest BCUT2D eigenvalue weighted by Crippen LogP contribution is 2.27. The summed E-state index contributed by atoms with van der Waals surface area (Å²) in [6.45, 7) is 3.86. The van der Waals surface area contributed by atoms with Gasteiger partial charge < -0.3 is 0 Å². The molecule has 19 heavy (non-hydrogen) atoms. The first kappa shape index (κ1) is 14.2. The highest BCUT2D eigenvalue weighted by molar-refractivity contribution is 7.89. The van der Waals surface area contributed by atoms with Crippen LogP contribution in [0.25, 0.3) is 0 Å². The van der Waals surface area contributed by atoms with Gasteiger partial charge in [-0.25, -0.2) is 13.1 Å². The summed E-state index contributed by atoms with van der Waals surface area (Å²) in [5, 5.41) is 0. The molecule has 0 bridgehead atoms. The van der Waals surface area contributed by atoms with E-state index in [4.69, 9.17) is 0 Å². The molecular weight excluding hydrogens is 262 g/mol. The first-order valence-electron chi connectivity index (χ1n) is 6.58. The summed E-state index contributed by atoms with van der Waals surface area (Å²) in [5.74, 6) is 0.537. The minimum Gasteiger partial charge on any atom is -0.294 e. The molecule has 1 saturated carbocycles. The first-order valence-corrected chi connectivity index (χ1v) is 8.06. The van der Waals surface area contributed by atoms with E-state index in [1.54, 1.807) is 19.1 Å². The van der Waals surface area contributed by atoms with E-state index in [0.717, 1.165) is 12.8 Å². The highest BCUT2D eigenvalue weighted by Gasteiger charge is 2.29. The lowest BCUT2D eigenvalue weighted by Crippen LogP contribution is -2.43. The molecule has 0 amide bonds. The average molecular weight is 281 g/mol. The molecule has 0 atom stereocenters. The summed E-state index contributed by atoms with van der Waals surface area (Å²) in [4.78, 5) is 11.8. The van der Waals surface area contributed by atoms with Crippen LogP contribution >= 0.6 is 0 Å². The van der Waals surface area contributed by atoms with Crippen molar-refractivity contribution < 1.29 is 13.2 Å². The Balaban J connectivity index is 2.18. The third-order valence-electron chi connectivity index (χ3n) is 3.48. The van der Waals surface area contributed by atoms with Crippen molar-refractivity contribution >= 4 is 15.8 Å². The normalized spacial score (nSPS) is 22.8. The van der Waals surface area contributed by atoms with Gasteiger partial charge >= 0.3 is 0 Å². The van der Waals surface area contributed by atoms with Crippen LogP contribution in [0.4, 0.5) is 0 Å². The highest BCUT2D eigenvalue weighted by atomic mass is 32.2. The smallest absolute Gasteiger partial charge is 0.240 e. The van der Waals surface area contributed by atoms with E-state index >= 15 is 0 Å².